The normalized spacial score (nSPS) is 11.7. The molecule has 0 aliphatic carbocycles. The molecule has 0 unspecified atom stereocenters. The Labute approximate surface area is 153 Å². The molecule has 0 atom stereocenters. The highest BCUT2D eigenvalue weighted by molar-refractivity contribution is 6.30. The fraction of sp³-hybridized carbons (Fsp3) is 0.375. The van der Waals surface area contributed by atoms with Gasteiger partial charge in [-0.2, -0.15) is 18.2 Å². The molecule has 10 heteroatoms. The van der Waals surface area contributed by atoms with Gasteiger partial charge in [0.05, 0.1) is 5.69 Å². The molecular weight excluding hydrogens is 374 g/mol. The summed E-state index contributed by atoms with van der Waals surface area (Å²) in [5.41, 5.74) is -1.21. The Morgan fingerprint density at radius 1 is 1.15 bits per heavy atom. The molecule has 0 aliphatic rings. The Morgan fingerprint density at radius 3 is 2.54 bits per heavy atom. The highest BCUT2D eigenvalue weighted by atomic mass is 35.5. The average Bonchev–Trinajstić information content (AvgIpc) is 2.54. The molecule has 2 aromatic rings. The first-order chi connectivity index (χ1) is 12.1. The van der Waals surface area contributed by atoms with Crippen molar-refractivity contribution in [2.24, 2.45) is 0 Å². The monoisotopic (exact) mass is 391 g/mol. The van der Waals surface area contributed by atoms with Gasteiger partial charge in [0, 0.05) is 17.6 Å². The lowest BCUT2D eigenvalue weighted by Gasteiger charge is -2.14. The molecule has 0 fully saturated rings. The van der Waals surface area contributed by atoms with Crippen molar-refractivity contribution in [3.8, 4) is 0 Å². The molecule has 0 spiro atoms. The van der Waals surface area contributed by atoms with Crippen molar-refractivity contribution in [3.05, 3.63) is 40.8 Å². The van der Waals surface area contributed by atoms with E-state index >= 15 is 0 Å². The first-order valence-corrected chi connectivity index (χ1v) is 8.10. The number of benzene rings is 1. The maximum absolute atomic E-state index is 13.8. The third kappa shape index (κ3) is 5.99. The van der Waals surface area contributed by atoms with Crippen LogP contribution in [-0.4, -0.2) is 42.1 Å². The summed E-state index contributed by atoms with van der Waals surface area (Å²) in [5, 5.41) is 5.51. The van der Waals surface area contributed by atoms with E-state index in [1.165, 1.54) is 12.1 Å². The lowest BCUT2D eigenvalue weighted by molar-refractivity contribution is -0.141. The highest BCUT2D eigenvalue weighted by Crippen LogP contribution is 2.31. The van der Waals surface area contributed by atoms with E-state index in [4.69, 9.17) is 11.6 Å². The van der Waals surface area contributed by atoms with Crippen LogP contribution in [0.2, 0.25) is 5.02 Å². The number of halogens is 5. The molecule has 2 rings (SSSR count). The zero-order valence-electron chi connectivity index (χ0n) is 14.2. The van der Waals surface area contributed by atoms with Gasteiger partial charge in [0.15, 0.2) is 5.69 Å². The van der Waals surface area contributed by atoms with Crippen molar-refractivity contribution in [1.82, 2.24) is 14.9 Å². The predicted octanol–water partition coefficient (Wildman–Crippen LogP) is 4.40. The zero-order valence-corrected chi connectivity index (χ0v) is 14.9. The van der Waals surface area contributed by atoms with E-state index in [9.17, 15) is 17.6 Å². The number of rotatable bonds is 7. The molecule has 5 nitrogen and oxygen atoms in total. The first-order valence-electron chi connectivity index (χ1n) is 7.72. The number of nitrogens with zero attached hydrogens (tertiary/aromatic N) is 3. The Kier molecular flexibility index (Phi) is 6.60. The molecule has 0 radical (unpaired) electrons. The summed E-state index contributed by atoms with van der Waals surface area (Å²) in [6.07, 6.45) is -3.97. The van der Waals surface area contributed by atoms with E-state index < -0.39 is 17.7 Å². The van der Waals surface area contributed by atoms with Crippen molar-refractivity contribution >= 4 is 29.1 Å². The van der Waals surface area contributed by atoms with E-state index in [0.29, 0.717) is 19.0 Å². The molecule has 0 aliphatic heterocycles. The number of hydrogen-bond acceptors (Lipinski definition) is 5. The smallest absolute Gasteiger partial charge is 0.354 e. The van der Waals surface area contributed by atoms with Gasteiger partial charge >= 0.3 is 6.18 Å². The second kappa shape index (κ2) is 8.50. The van der Waals surface area contributed by atoms with Crippen LogP contribution < -0.4 is 10.6 Å². The van der Waals surface area contributed by atoms with Crippen molar-refractivity contribution in [2.75, 3.05) is 37.8 Å². The molecule has 0 saturated carbocycles. The molecule has 0 bridgehead atoms. The second-order valence-electron chi connectivity index (χ2n) is 5.79. The SMILES string of the molecule is CN(C)CCCNc1nc(Nc2cc(Cl)ccc2F)cc(C(F)(F)F)n1. The van der Waals surface area contributed by atoms with Gasteiger partial charge in [-0.3, -0.25) is 0 Å². The van der Waals surface area contributed by atoms with E-state index in [-0.39, 0.29) is 22.5 Å². The van der Waals surface area contributed by atoms with Gasteiger partial charge in [0.2, 0.25) is 5.95 Å². The topological polar surface area (TPSA) is 53.1 Å². The summed E-state index contributed by atoms with van der Waals surface area (Å²) in [7, 11) is 3.78. The molecule has 0 saturated heterocycles. The molecule has 26 heavy (non-hydrogen) atoms. The van der Waals surface area contributed by atoms with Gasteiger partial charge in [-0.25, -0.2) is 9.37 Å². The van der Waals surface area contributed by atoms with Gasteiger partial charge in [0.25, 0.3) is 0 Å². The van der Waals surface area contributed by atoms with Gasteiger partial charge in [-0.1, -0.05) is 11.6 Å². The number of hydrogen-bond donors (Lipinski definition) is 2. The summed E-state index contributed by atoms with van der Waals surface area (Å²) in [6.45, 7) is 1.15. The largest absolute Gasteiger partial charge is 0.433 e. The minimum Gasteiger partial charge on any atom is -0.354 e. The average molecular weight is 392 g/mol. The van der Waals surface area contributed by atoms with Gasteiger partial charge < -0.3 is 15.5 Å². The number of alkyl halides is 3. The Morgan fingerprint density at radius 2 is 1.88 bits per heavy atom. The first kappa shape index (κ1) is 20.2. The van der Waals surface area contributed by atoms with Crippen molar-refractivity contribution in [1.29, 1.82) is 0 Å². The maximum Gasteiger partial charge on any atom is 0.433 e. The number of anilines is 3. The van der Waals surface area contributed by atoms with E-state index in [0.717, 1.165) is 12.6 Å². The lowest BCUT2D eigenvalue weighted by atomic mass is 10.3. The number of aromatic nitrogens is 2. The lowest BCUT2D eigenvalue weighted by Crippen LogP contribution is -2.18. The molecule has 1 aromatic carbocycles. The van der Waals surface area contributed by atoms with Gasteiger partial charge in [-0.15, -0.1) is 0 Å². The molecule has 0 amide bonds. The van der Waals surface area contributed by atoms with E-state index in [2.05, 4.69) is 20.6 Å². The summed E-state index contributed by atoms with van der Waals surface area (Å²) in [4.78, 5) is 9.40. The Bertz CT molecular complexity index is 752. The summed E-state index contributed by atoms with van der Waals surface area (Å²) in [5.74, 6) is -1.05. The maximum atomic E-state index is 13.8. The van der Waals surface area contributed by atoms with Gasteiger partial charge in [-0.05, 0) is 45.3 Å². The molecule has 1 heterocycles. The standard InChI is InChI=1S/C16H18ClF4N5/c1-26(2)7-3-6-22-15-24-13(16(19,20)21)9-14(25-15)23-12-8-10(17)4-5-11(12)18/h4-5,8-9H,3,6-7H2,1-2H3,(H2,22,23,24,25). The fourth-order valence-corrected chi connectivity index (χ4v) is 2.23. The van der Waals surface area contributed by atoms with Crippen LogP contribution in [0.25, 0.3) is 0 Å². The zero-order chi connectivity index (χ0) is 19.3. The van der Waals surface area contributed by atoms with E-state index in [1.54, 1.807) is 0 Å². The molecule has 1 aromatic heterocycles. The Hall–Kier alpha value is -2.13. The third-order valence-electron chi connectivity index (χ3n) is 3.27. The number of nitrogens with one attached hydrogen (secondary N) is 2. The van der Waals surface area contributed by atoms with Crippen molar-refractivity contribution < 1.29 is 17.6 Å². The summed E-state index contributed by atoms with van der Waals surface area (Å²) >= 11 is 5.79. The van der Waals surface area contributed by atoms with Crippen LogP contribution >= 0.6 is 11.6 Å². The minimum absolute atomic E-state index is 0.0807. The van der Waals surface area contributed by atoms with Gasteiger partial charge in [0.1, 0.15) is 11.6 Å². The van der Waals surface area contributed by atoms with Crippen LogP contribution in [0.3, 0.4) is 0 Å². The van der Waals surface area contributed by atoms with Crippen LogP contribution in [0.15, 0.2) is 24.3 Å². The molecule has 142 valence electrons. The summed E-state index contributed by atoms with van der Waals surface area (Å²) < 4.78 is 53.0. The Balaban J connectivity index is 2.24. The van der Waals surface area contributed by atoms with Crippen LogP contribution in [0.5, 0.6) is 0 Å². The van der Waals surface area contributed by atoms with Crippen molar-refractivity contribution in [2.45, 2.75) is 12.6 Å². The van der Waals surface area contributed by atoms with Crippen LogP contribution in [0.1, 0.15) is 12.1 Å². The van der Waals surface area contributed by atoms with Crippen LogP contribution in [-0.2, 0) is 6.18 Å². The fourth-order valence-electron chi connectivity index (χ4n) is 2.06. The second-order valence-corrected chi connectivity index (χ2v) is 6.23. The predicted molar refractivity (Wildman–Crippen MR) is 93.4 cm³/mol. The quantitative estimate of drug-likeness (QED) is 0.541. The molecular formula is C16H18ClF4N5. The van der Waals surface area contributed by atoms with E-state index in [1.807, 2.05) is 19.0 Å². The summed E-state index contributed by atoms with van der Waals surface area (Å²) in [6, 6.07) is 4.42. The third-order valence-corrected chi connectivity index (χ3v) is 3.51. The highest BCUT2D eigenvalue weighted by Gasteiger charge is 2.33. The van der Waals surface area contributed by atoms with Crippen LogP contribution in [0, 0.1) is 5.82 Å². The molecule has 2 N–H and O–H groups in total. The minimum atomic E-state index is -4.66. The van der Waals surface area contributed by atoms with Crippen LogP contribution in [0.4, 0.5) is 35.0 Å². The van der Waals surface area contributed by atoms with Crippen molar-refractivity contribution in [3.63, 3.8) is 0 Å².